The first-order valence-electron chi connectivity index (χ1n) is 9.37. The van der Waals surface area contributed by atoms with Gasteiger partial charge in [-0.1, -0.05) is 12.5 Å². The third kappa shape index (κ3) is 7.37. The lowest BCUT2D eigenvalue weighted by atomic mass is 10.1. The van der Waals surface area contributed by atoms with E-state index in [1.807, 2.05) is 6.92 Å². The van der Waals surface area contributed by atoms with Crippen molar-refractivity contribution in [2.24, 2.45) is 0 Å². The Bertz CT molecular complexity index is 715. The zero-order valence-corrected chi connectivity index (χ0v) is 17.9. The number of hydrogen-bond donors (Lipinski definition) is 3. The predicted octanol–water partition coefficient (Wildman–Crippen LogP) is 3.20. The van der Waals surface area contributed by atoms with Gasteiger partial charge in [0, 0.05) is 17.8 Å². The number of carbonyl (C=O) groups is 2. The summed E-state index contributed by atoms with van der Waals surface area (Å²) in [5.41, 5.74) is 1.95. The third-order valence-electron chi connectivity index (χ3n) is 5.02. The maximum Gasteiger partial charge on any atom is 0.262 e. The third-order valence-corrected chi connectivity index (χ3v) is 5.02. The highest BCUT2D eigenvalue weighted by molar-refractivity contribution is 5.97. The number of hydrogen-bond acceptors (Lipinski definition) is 4. The molecule has 2 fully saturated rings. The molecule has 3 N–H and O–H groups in total. The van der Waals surface area contributed by atoms with Crippen LogP contribution in [0.3, 0.4) is 0 Å². The van der Waals surface area contributed by atoms with Gasteiger partial charge in [0.1, 0.15) is 0 Å². The van der Waals surface area contributed by atoms with Crippen molar-refractivity contribution in [2.45, 2.75) is 44.6 Å². The minimum atomic E-state index is -2.86. The molecule has 0 aromatic heterocycles. The topological polar surface area (TPSA) is 73.5 Å². The van der Waals surface area contributed by atoms with Gasteiger partial charge in [-0.2, -0.15) is 0 Å². The number of nitrogens with zero attached hydrogens (tertiary/aromatic N) is 1. The summed E-state index contributed by atoms with van der Waals surface area (Å²) in [5, 5.41) is 8.07. The normalized spacial score (nSPS) is 20.9. The summed E-state index contributed by atoms with van der Waals surface area (Å²) < 4.78 is 26.5. The number of rotatable bonds is 5. The number of aryl methyl sites for hydroxylation is 1. The first-order chi connectivity index (χ1) is 12.8. The van der Waals surface area contributed by atoms with Gasteiger partial charge >= 0.3 is 0 Å². The SMILES string of the molecule is Cc1ccc(NC(=O)C2CC(F)(F)CN2)cc1NC(=O)CN1CCCCC1.Cl.Cl. The van der Waals surface area contributed by atoms with E-state index in [4.69, 9.17) is 0 Å². The highest BCUT2D eigenvalue weighted by atomic mass is 35.5. The molecule has 1 atom stereocenters. The summed E-state index contributed by atoms with van der Waals surface area (Å²) >= 11 is 0. The molecule has 2 aliphatic heterocycles. The quantitative estimate of drug-likeness (QED) is 0.641. The summed E-state index contributed by atoms with van der Waals surface area (Å²) in [4.78, 5) is 26.6. The molecule has 2 amide bonds. The Balaban J connectivity index is 0.00000210. The van der Waals surface area contributed by atoms with Gasteiger partial charge in [0.15, 0.2) is 0 Å². The van der Waals surface area contributed by atoms with Gasteiger partial charge in [-0.25, -0.2) is 8.78 Å². The fourth-order valence-electron chi connectivity index (χ4n) is 3.48. The second kappa shape index (κ2) is 11.1. The van der Waals surface area contributed by atoms with Crippen molar-refractivity contribution in [1.82, 2.24) is 10.2 Å². The largest absolute Gasteiger partial charge is 0.325 e. The van der Waals surface area contributed by atoms with Crippen molar-refractivity contribution in [3.8, 4) is 0 Å². The molecule has 0 aliphatic carbocycles. The van der Waals surface area contributed by atoms with E-state index in [1.54, 1.807) is 18.2 Å². The van der Waals surface area contributed by atoms with Crippen LogP contribution in [0.15, 0.2) is 18.2 Å². The maximum absolute atomic E-state index is 13.3. The van der Waals surface area contributed by atoms with Crippen molar-refractivity contribution in [2.75, 3.05) is 36.8 Å². The number of amides is 2. The molecule has 0 radical (unpaired) electrons. The van der Waals surface area contributed by atoms with E-state index in [0.29, 0.717) is 17.9 Å². The van der Waals surface area contributed by atoms with Crippen LogP contribution in [0, 0.1) is 6.92 Å². The standard InChI is InChI=1S/C19H26F2N4O2.2ClH/c1-13-5-6-14(23-18(27)16-10-19(20,21)12-22-16)9-15(13)24-17(26)11-25-7-3-2-4-8-25;;/h5-6,9,16,22H,2-4,7-8,10-12H2,1H3,(H,23,27)(H,24,26);2*1H. The van der Waals surface area contributed by atoms with Crippen LogP contribution in [0.5, 0.6) is 0 Å². The van der Waals surface area contributed by atoms with Crippen LogP contribution in [-0.2, 0) is 9.59 Å². The van der Waals surface area contributed by atoms with Crippen molar-refractivity contribution in [3.63, 3.8) is 0 Å². The molecule has 6 nitrogen and oxygen atoms in total. The van der Waals surface area contributed by atoms with Crippen LogP contribution in [0.25, 0.3) is 0 Å². The highest BCUT2D eigenvalue weighted by Gasteiger charge is 2.42. The van der Waals surface area contributed by atoms with Gasteiger partial charge < -0.3 is 10.6 Å². The lowest BCUT2D eigenvalue weighted by Crippen LogP contribution is -2.37. The van der Waals surface area contributed by atoms with Gasteiger partial charge in [-0.15, -0.1) is 24.8 Å². The van der Waals surface area contributed by atoms with Crippen LogP contribution in [-0.4, -0.2) is 54.9 Å². The minimum absolute atomic E-state index is 0. The van der Waals surface area contributed by atoms with E-state index in [9.17, 15) is 18.4 Å². The van der Waals surface area contributed by atoms with E-state index >= 15 is 0 Å². The van der Waals surface area contributed by atoms with Crippen molar-refractivity contribution in [3.05, 3.63) is 23.8 Å². The van der Waals surface area contributed by atoms with Gasteiger partial charge in [0.25, 0.3) is 5.92 Å². The molecule has 2 saturated heterocycles. The molecule has 0 saturated carbocycles. The molecule has 1 unspecified atom stereocenters. The Labute approximate surface area is 182 Å². The van der Waals surface area contributed by atoms with E-state index in [2.05, 4.69) is 20.9 Å². The second-order valence-corrected chi connectivity index (χ2v) is 7.40. The van der Waals surface area contributed by atoms with Gasteiger partial charge in [-0.3, -0.25) is 19.8 Å². The number of benzene rings is 1. The highest BCUT2D eigenvalue weighted by Crippen LogP contribution is 2.26. The van der Waals surface area contributed by atoms with Crippen LogP contribution in [0.1, 0.15) is 31.2 Å². The number of nitrogens with one attached hydrogen (secondary N) is 3. The first kappa shape index (κ1) is 25.6. The Morgan fingerprint density at radius 3 is 2.48 bits per heavy atom. The Morgan fingerprint density at radius 2 is 1.86 bits per heavy atom. The molecular weight excluding hydrogens is 425 g/mol. The zero-order valence-electron chi connectivity index (χ0n) is 16.3. The molecule has 2 aliphatic rings. The summed E-state index contributed by atoms with van der Waals surface area (Å²) in [6.07, 6.45) is 2.93. The number of likely N-dealkylation sites (tertiary alicyclic amines) is 1. The number of anilines is 2. The first-order valence-corrected chi connectivity index (χ1v) is 9.37. The average Bonchev–Trinajstić information content (AvgIpc) is 2.99. The molecule has 0 bridgehead atoms. The second-order valence-electron chi connectivity index (χ2n) is 7.40. The van der Waals surface area contributed by atoms with Gasteiger partial charge in [0.2, 0.25) is 11.8 Å². The van der Waals surface area contributed by atoms with Gasteiger partial charge in [0.05, 0.1) is 19.1 Å². The van der Waals surface area contributed by atoms with Crippen LogP contribution in [0.2, 0.25) is 0 Å². The number of alkyl halides is 2. The molecule has 1 aromatic rings. The Morgan fingerprint density at radius 1 is 1.17 bits per heavy atom. The van der Waals surface area contributed by atoms with Gasteiger partial charge in [-0.05, 0) is 50.6 Å². The summed E-state index contributed by atoms with van der Waals surface area (Å²) in [7, 11) is 0. The molecule has 1 aromatic carbocycles. The van der Waals surface area contributed by atoms with E-state index < -0.39 is 30.8 Å². The number of piperidine rings is 1. The van der Waals surface area contributed by atoms with E-state index in [0.717, 1.165) is 31.5 Å². The molecule has 0 spiro atoms. The predicted molar refractivity (Wildman–Crippen MR) is 115 cm³/mol. The minimum Gasteiger partial charge on any atom is -0.325 e. The summed E-state index contributed by atoms with van der Waals surface area (Å²) in [6, 6.07) is 4.22. The Kier molecular flexibility index (Phi) is 9.75. The van der Waals surface area contributed by atoms with E-state index in [1.165, 1.54) is 6.42 Å². The van der Waals surface area contributed by atoms with Crippen molar-refractivity contribution in [1.29, 1.82) is 0 Å². The molecule has 29 heavy (non-hydrogen) atoms. The summed E-state index contributed by atoms with van der Waals surface area (Å²) in [5.74, 6) is -3.45. The lowest BCUT2D eigenvalue weighted by molar-refractivity contribution is -0.118. The molecule has 3 rings (SSSR count). The lowest BCUT2D eigenvalue weighted by Gasteiger charge is -2.25. The monoisotopic (exact) mass is 452 g/mol. The molecule has 164 valence electrons. The smallest absolute Gasteiger partial charge is 0.262 e. The number of carbonyl (C=O) groups excluding carboxylic acids is 2. The fourth-order valence-corrected chi connectivity index (χ4v) is 3.48. The van der Waals surface area contributed by atoms with Crippen molar-refractivity contribution < 1.29 is 18.4 Å². The van der Waals surface area contributed by atoms with Crippen LogP contribution < -0.4 is 16.0 Å². The van der Waals surface area contributed by atoms with Crippen LogP contribution in [0.4, 0.5) is 20.2 Å². The van der Waals surface area contributed by atoms with Crippen molar-refractivity contribution >= 4 is 48.0 Å². The maximum atomic E-state index is 13.3. The molecular formula is C19H28Cl2F2N4O2. The van der Waals surface area contributed by atoms with E-state index in [-0.39, 0.29) is 30.7 Å². The molecule has 10 heteroatoms. The zero-order chi connectivity index (χ0) is 19.4. The summed E-state index contributed by atoms with van der Waals surface area (Å²) in [6.45, 7) is 3.58. The van der Waals surface area contributed by atoms with Crippen LogP contribution >= 0.6 is 24.8 Å². The fraction of sp³-hybridized carbons (Fsp3) is 0.579. The number of halogens is 4. The average molecular weight is 453 g/mol. The Hall–Kier alpha value is -1.48. The molecule has 2 heterocycles.